The summed E-state index contributed by atoms with van der Waals surface area (Å²) in [6.07, 6.45) is 0. The predicted octanol–water partition coefficient (Wildman–Crippen LogP) is 2.76. The molecule has 26 heavy (non-hydrogen) atoms. The van der Waals surface area contributed by atoms with E-state index in [2.05, 4.69) is 0 Å². The Kier molecular flexibility index (Phi) is 5.16. The van der Waals surface area contributed by atoms with Gasteiger partial charge in [-0.25, -0.2) is 8.42 Å². The summed E-state index contributed by atoms with van der Waals surface area (Å²) >= 11 is 0. The molecule has 0 spiro atoms. The number of carbonyl (C=O) groups is 1. The second kappa shape index (κ2) is 7.21. The molecule has 3 rings (SSSR count). The Balaban J connectivity index is 1.70. The fourth-order valence-corrected chi connectivity index (χ4v) is 4.64. The molecule has 0 aliphatic carbocycles. The number of hydrogen-bond donors (Lipinski definition) is 0. The first-order valence-corrected chi connectivity index (χ1v) is 10.2. The summed E-state index contributed by atoms with van der Waals surface area (Å²) in [6, 6.07) is 12.6. The molecule has 1 aliphatic heterocycles. The molecular weight excluding hydrogens is 348 g/mol. The number of sulfonamides is 1. The molecule has 5 nitrogen and oxygen atoms in total. The van der Waals surface area contributed by atoms with Gasteiger partial charge in [-0.15, -0.1) is 0 Å². The van der Waals surface area contributed by atoms with E-state index >= 15 is 0 Å². The largest absolute Gasteiger partial charge is 0.336 e. The minimum Gasteiger partial charge on any atom is -0.336 e. The number of carbonyl (C=O) groups excluding carboxylic acids is 1. The van der Waals surface area contributed by atoms with Crippen molar-refractivity contribution in [1.82, 2.24) is 9.21 Å². The van der Waals surface area contributed by atoms with Crippen molar-refractivity contribution in [3.63, 3.8) is 0 Å². The van der Waals surface area contributed by atoms with Crippen LogP contribution in [-0.2, 0) is 10.0 Å². The Hall–Kier alpha value is -2.18. The number of nitrogens with zero attached hydrogens (tertiary/aromatic N) is 2. The van der Waals surface area contributed by atoms with Crippen molar-refractivity contribution in [1.29, 1.82) is 0 Å². The van der Waals surface area contributed by atoms with Gasteiger partial charge < -0.3 is 4.90 Å². The third-order valence-electron chi connectivity index (χ3n) is 4.91. The Morgan fingerprint density at radius 1 is 0.885 bits per heavy atom. The Labute approximate surface area is 155 Å². The third-order valence-corrected chi connectivity index (χ3v) is 6.80. The van der Waals surface area contributed by atoms with Crippen molar-refractivity contribution in [2.24, 2.45) is 0 Å². The van der Waals surface area contributed by atoms with Crippen molar-refractivity contribution >= 4 is 15.9 Å². The minimum absolute atomic E-state index is 0.0410. The van der Waals surface area contributed by atoms with Crippen molar-refractivity contribution < 1.29 is 13.2 Å². The van der Waals surface area contributed by atoms with Gasteiger partial charge in [-0.1, -0.05) is 18.2 Å². The molecule has 1 fully saturated rings. The summed E-state index contributed by atoms with van der Waals surface area (Å²) in [5.74, 6) is -0.0410. The summed E-state index contributed by atoms with van der Waals surface area (Å²) in [5.41, 5.74) is 3.80. The van der Waals surface area contributed by atoms with Crippen LogP contribution in [0, 0.1) is 20.8 Å². The summed E-state index contributed by atoms with van der Waals surface area (Å²) in [7, 11) is -3.52. The van der Waals surface area contributed by atoms with E-state index in [1.165, 1.54) is 4.31 Å². The number of rotatable bonds is 3. The maximum Gasteiger partial charge on any atom is 0.253 e. The standard InChI is InChI=1S/C20H24N2O3S/c1-15-5-4-6-19(13-15)26(24,25)22-11-9-21(10-12-22)20(23)18-8-7-16(2)17(3)14-18/h4-8,13-14H,9-12H2,1-3H3. The van der Waals surface area contributed by atoms with Crippen LogP contribution in [-0.4, -0.2) is 49.7 Å². The molecule has 0 bridgehead atoms. The van der Waals surface area contributed by atoms with Gasteiger partial charge in [0.05, 0.1) is 4.90 Å². The first kappa shape index (κ1) is 18.6. The Bertz CT molecular complexity index is 930. The van der Waals surface area contributed by atoms with E-state index in [9.17, 15) is 13.2 Å². The van der Waals surface area contributed by atoms with Gasteiger partial charge in [0, 0.05) is 31.7 Å². The van der Waals surface area contributed by atoms with E-state index in [0.29, 0.717) is 36.6 Å². The minimum atomic E-state index is -3.52. The molecule has 0 radical (unpaired) electrons. The van der Waals surface area contributed by atoms with E-state index in [4.69, 9.17) is 0 Å². The van der Waals surface area contributed by atoms with Crippen LogP contribution in [0.2, 0.25) is 0 Å². The predicted molar refractivity (Wildman–Crippen MR) is 102 cm³/mol. The van der Waals surface area contributed by atoms with E-state index < -0.39 is 10.0 Å². The van der Waals surface area contributed by atoms with Crippen LogP contribution in [0.4, 0.5) is 0 Å². The number of hydrogen-bond acceptors (Lipinski definition) is 3. The van der Waals surface area contributed by atoms with Gasteiger partial charge in [0.1, 0.15) is 0 Å². The van der Waals surface area contributed by atoms with Crippen LogP contribution in [0.1, 0.15) is 27.0 Å². The molecule has 0 unspecified atom stereocenters. The molecule has 1 aliphatic rings. The highest BCUT2D eigenvalue weighted by atomic mass is 32.2. The van der Waals surface area contributed by atoms with Gasteiger partial charge in [0.25, 0.3) is 5.91 Å². The van der Waals surface area contributed by atoms with Gasteiger partial charge in [-0.3, -0.25) is 4.79 Å². The molecule has 0 aromatic heterocycles. The van der Waals surface area contributed by atoms with Crippen molar-refractivity contribution in [3.8, 4) is 0 Å². The monoisotopic (exact) mass is 372 g/mol. The number of benzene rings is 2. The first-order valence-electron chi connectivity index (χ1n) is 8.72. The van der Waals surface area contributed by atoms with E-state index in [1.54, 1.807) is 23.1 Å². The van der Waals surface area contributed by atoms with E-state index in [1.807, 2.05) is 45.0 Å². The highest BCUT2D eigenvalue weighted by Crippen LogP contribution is 2.20. The average molecular weight is 372 g/mol. The molecular formula is C20H24N2O3S. The molecule has 1 saturated heterocycles. The summed E-state index contributed by atoms with van der Waals surface area (Å²) in [4.78, 5) is 14.7. The SMILES string of the molecule is Cc1cccc(S(=O)(=O)N2CCN(C(=O)c3ccc(C)c(C)c3)CC2)c1. The van der Waals surface area contributed by atoms with Gasteiger partial charge in [-0.05, 0) is 61.7 Å². The van der Waals surface area contributed by atoms with Gasteiger partial charge in [-0.2, -0.15) is 4.31 Å². The lowest BCUT2D eigenvalue weighted by Gasteiger charge is -2.34. The van der Waals surface area contributed by atoms with Crippen LogP contribution in [0.25, 0.3) is 0 Å². The van der Waals surface area contributed by atoms with Crippen LogP contribution in [0.15, 0.2) is 47.4 Å². The summed E-state index contributed by atoms with van der Waals surface area (Å²) in [6.45, 7) is 7.30. The lowest BCUT2D eigenvalue weighted by molar-refractivity contribution is 0.0698. The molecule has 6 heteroatoms. The highest BCUT2D eigenvalue weighted by Gasteiger charge is 2.30. The van der Waals surface area contributed by atoms with Crippen molar-refractivity contribution in [2.75, 3.05) is 26.2 Å². The third kappa shape index (κ3) is 3.66. The van der Waals surface area contributed by atoms with Gasteiger partial charge >= 0.3 is 0 Å². The lowest BCUT2D eigenvalue weighted by Crippen LogP contribution is -2.50. The zero-order chi connectivity index (χ0) is 18.9. The van der Waals surface area contributed by atoms with E-state index in [-0.39, 0.29) is 5.91 Å². The van der Waals surface area contributed by atoms with Crippen molar-refractivity contribution in [2.45, 2.75) is 25.7 Å². The maximum absolute atomic E-state index is 12.8. The maximum atomic E-state index is 12.8. The zero-order valence-corrected chi connectivity index (χ0v) is 16.2. The normalized spacial score (nSPS) is 15.9. The van der Waals surface area contributed by atoms with Gasteiger partial charge in [0.15, 0.2) is 0 Å². The smallest absolute Gasteiger partial charge is 0.253 e. The van der Waals surface area contributed by atoms with Crippen molar-refractivity contribution in [3.05, 3.63) is 64.7 Å². The van der Waals surface area contributed by atoms with Crippen LogP contribution >= 0.6 is 0 Å². The Morgan fingerprint density at radius 3 is 2.19 bits per heavy atom. The fraction of sp³-hybridized carbons (Fsp3) is 0.350. The molecule has 0 atom stereocenters. The topological polar surface area (TPSA) is 57.7 Å². The molecule has 2 aromatic rings. The molecule has 138 valence electrons. The fourth-order valence-electron chi connectivity index (χ4n) is 3.11. The molecule has 1 heterocycles. The Morgan fingerprint density at radius 2 is 1.58 bits per heavy atom. The highest BCUT2D eigenvalue weighted by molar-refractivity contribution is 7.89. The summed E-state index contributed by atoms with van der Waals surface area (Å²) < 4.78 is 27.0. The first-order chi connectivity index (χ1) is 12.3. The summed E-state index contributed by atoms with van der Waals surface area (Å²) in [5, 5.41) is 0. The molecule has 0 saturated carbocycles. The number of aryl methyl sites for hydroxylation is 3. The van der Waals surface area contributed by atoms with E-state index in [0.717, 1.165) is 16.7 Å². The van der Waals surface area contributed by atoms with Gasteiger partial charge in [0.2, 0.25) is 10.0 Å². The lowest BCUT2D eigenvalue weighted by atomic mass is 10.1. The second-order valence-electron chi connectivity index (χ2n) is 6.81. The quantitative estimate of drug-likeness (QED) is 0.832. The van der Waals surface area contributed by atoms with Crippen LogP contribution in [0.5, 0.6) is 0 Å². The molecule has 0 N–H and O–H groups in total. The second-order valence-corrected chi connectivity index (χ2v) is 8.75. The van der Waals surface area contributed by atoms with Crippen LogP contribution < -0.4 is 0 Å². The number of piperazine rings is 1. The molecule has 1 amide bonds. The molecule has 2 aromatic carbocycles. The van der Waals surface area contributed by atoms with Crippen LogP contribution in [0.3, 0.4) is 0 Å². The zero-order valence-electron chi connectivity index (χ0n) is 15.4. The number of amides is 1. The average Bonchev–Trinajstić information content (AvgIpc) is 2.63.